The second-order valence-electron chi connectivity index (χ2n) is 3.33. The second kappa shape index (κ2) is 4.40. The summed E-state index contributed by atoms with van der Waals surface area (Å²) in [7, 11) is 0. The number of hydrogen-bond donors (Lipinski definition) is 1. The Bertz CT molecular complexity index is 627. The van der Waals surface area contributed by atoms with Gasteiger partial charge in [-0.15, -0.1) is 0 Å². The number of nitrogens with zero attached hydrogens (tertiary/aromatic N) is 1. The molecule has 0 saturated carbocycles. The predicted molar refractivity (Wildman–Crippen MR) is 61.4 cm³/mol. The van der Waals surface area contributed by atoms with Crippen molar-refractivity contribution in [1.82, 2.24) is 9.97 Å². The van der Waals surface area contributed by atoms with Crippen LogP contribution in [0.15, 0.2) is 21.4 Å². The van der Waals surface area contributed by atoms with Gasteiger partial charge in [-0.05, 0) is 19.1 Å². The highest BCUT2D eigenvalue weighted by atomic mass is 79.9. The first-order valence-corrected chi connectivity index (χ1v) is 5.41. The molecule has 0 aliphatic heterocycles. The summed E-state index contributed by atoms with van der Waals surface area (Å²) in [6.45, 7) is -1.45. The van der Waals surface area contributed by atoms with Crippen LogP contribution in [-0.2, 0) is 0 Å². The smallest absolute Gasteiger partial charge is 0.387 e. The molecule has 0 aliphatic rings. The molecular weight excluding hydrogens is 298 g/mol. The van der Waals surface area contributed by atoms with Gasteiger partial charge in [0.05, 0.1) is 5.52 Å². The van der Waals surface area contributed by atoms with Gasteiger partial charge in [0, 0.05) is 4.47 Å². The third-order valence-corrected chi connectivity index (χ3v) is 2.57. The normalized spacial score (nSPS) is 11.1. The van der Waals surface area contributed by atoms with E-state index in [1.807, 2.05) is 0 Å². The summed E-state index contributed by atoms with van der Waals surface area (Å²) in [6, 6.07) is 2.95. The van der Waals surface area contributed by atoms with Gasteiger partial charge >= 0.3 is 6.61 Å². The molecule has 0 bridgehead atoms. The van der Waals surface area contributed by atoms with Gasteiger partial charge in [0.1, 0.15) is 11.2 Å². The first-order valence-electron chi connectivity index (χ1n) is 4.62. The molecule has 0 fully saturated rings. The van der Waals surface area contributed by atoms with Gasteiger partial charge in [-0.25, -0.2) is 4.98 Å². The average Bonchev–Trinajstić information content (AvgIpc) is 2.20. The molecule has 1 aromatic heterocycles. The zero-order chi connectivity index (χ0) is 12.6. The van der Waals surface area contributed by atoms with Crippen LogP contribution >= 0.6 is 15.9 Å². The molecule has 0 radical (unpaired) electrons. The molecule has 0 atom stereocenters. The molecule has 0 spiro atoms. The van der Waals surface area contributed by atoms with Crippen LogP contribution in [0.5, 0.6) is 5.75 Å². The van der Waals surface area contributed by atoms with E-state index in [0.717, 1.165) is 0 Å². The van der Waals surface area contributed by atoms with Crippen molar-refractivity contribution >= 4 is 27.0 Å². The van der Waals surface area contributed by atoms with Crippen molar-refractivity contribution in [3.05, 3.63) is 32.7 Å². The van der Waals surface area contributed by atoms with E-state index in [9.17, 15) is 13.6 Å². The first-order chi connectivity index (χ1) is 7.97. The largest absolute Gasteiger partial charge is 0.432 e. The minimum atomic E-state index is -2.94. The van der Waals surface area contributed by atoms with E-state index in [4.69, 9.17) is 0 Å². The number of halogens is 3. The van der Waals surface area contributed by atoms with Crippen LogP contribution in [0.4, 0.5) is 8.78 Å². The fourth-order valence-corrected chi connectivity index (χ4v) is 1.84. The van der Waals surface area contributed by atoms with Gasteiger partial charge in [-0.3, -0.25) is 4.79 Å². The van der Waals surface area contributed by atoms with Gasteiger partial charge in [0.15, 0.2) is 5.75 Å². The van der Waals surface area contributed by atoms with Crippen molar-refractivity contribution < 1.29 is 13.5 Å². The molecule has 2 rings (SSSR count). The fourth-order valence-electron chi connectivity index (χ4n) is 1.40. The Balaban J connectivity index is 2.73. The van der Waals surface area contributed by atoms with E-state index in [1.54, 1.807) is 6.07 Å². The lowest BCUT2D eigenvalue weighted by Crippen LogP contribution is -2.12. The van der Waals surface area contributed by atoms with Crippen LogP contribution in [-0.4, -0.2) is 16.6 Å². The summed E-state index contributed by atoms with van der Waals surface area (Å²) >= 11 is 3.14. The van der Waals surface area contributed by atoms with E-state index in [0.29, 0.717) is 9.99 Å². The highest BCUT2D eigenvalue weighted by molar-refractivity contribution is 9.10. The van der Waals surface area contributed by atoms with E-state index in [-0.39, 0.29) is 22.5 Å². The molecule has 0 amide bonds. The third-order valence-electron chi connectivity index (χ3n) is 2.11. The summed E-state index contributed by atoms with van der Waals surface area (Å²) in [5.41, 5.74) is 0.369. The van der Waals surface area contributed by atoms with Crippen LogP contribution in [0.25, 0.3) is 11.0 Å². The summed E-state index contributed by atoms with van der Waals surface area (Å²) in [5.74, 6) is -0.0799. The van der Waals surface area contributed by atoms with E-state index in [1.165, 1.54) is 13.0 Å². The number of nitrogens with one attached hydrogen (secondary N) is 1. The van der Waals surface area contributed by atoms with Gasteiger partial charge in [-0.2, -0.15) is 8.78 Å². The number of benzene rings is 1. The number of rotatable bonds is 2. The standard InChI is InChI=1S/C10H7BrF2N2O2/c1-4-9(16)15-6-2-5(11)3-7(8(6)14-4)17-10(12)13/h2-3,10H,1H3,(H,15,16). The highest BCUT2D eigenvalue weighted by Crippen LogP contribution is 2.28. The molecule has 2 aromatic rings. The second-order valence-corrected chi connectivity index (χ2v) is 4.25. The van der Waals surface area contributed by atoms with Gasteiger partial charge < -0.3 is 9.72 Å². The fraction of sp³-hybridized carbons (Fsp3) is 0.200. The Morgan fingerprint density at radius 1 is 1.47 bits per heavy atom. The molecule has 4 nitrogen and oxygen atoms in total. The third kappa shape index (κ3) is 2.44. The zero-order valence-electron chi connectivity index (χ0n) is 8.63. The summed E-state index contributed by atoms with van der Waals surface area (Å²) in [4.78, 5) is 17.8. The number of alkyl halides is 2. The lowest BCUT2D eigenvalue weighted by molar-refractivity contribution is -0.0489. The molecule has 17 heavy (non-hydrogen) atoms. The maximum Gasteiger partial charge on any atom is 0.387 e. The molecular formula is C10H7BrF2N2O2. The van der Waals surface area contributed by atoms with E-state index in [2.05, 4.69) is 30.6 Å². The number of aryl methyl sites for hydroxylation is 1. The minimum Gasteiger partial charge on any atom is -0.432 e. The van der Waals surface area contributed by atoms with Crippen LogP contribution in [0, 0.1) is 6.92 Å². The molecule has 1 aromatic carbocycles. The van der Waals surface area contributed by atoms with Crippen LogP contribution in [0.2, 0.25) is 0 Å². The topological polar surface area (TPSA) is 55.0 Å². The molecule has 0 aliphatic carbocycles. The maximum atomic E-state index is 12.2. The van der Waals surface area contributed by atoms with E-state index >= 15 is 0 Å². The Morgan fingerprint density at radius 2 is 2.18 bits per heavy atom. The minimum absolute atomic E-state index is 0.0799. The van der Waals surface area contributed by atoms with Gasteiger partial charge in [0.2, 0.25) is 0 Å². The summed E-state index contributed by atoms with van der Waals surface area (Å²) in [5, 5.41) is 0. The van der Waals surface area contributed by atoms with Crippen LogP contribution in [0.1, 0.15) is 5.69 Å². The molecule has 0 unspecified atom stereocenters. The Hall–Kier alpha value is -1.50. The van der Waals surface area contributed by atoms with Crippen molar-refractivity contribution in [2.45, 2.75) is 13.5 Å². The molecule has 0 saturated heterocycles. The number of aromatic amines is 1. The highest BCUT2D eigenvalue weighted by Gasteiger charge is 2.12. The lowest BCUT2D eigenvalue weighted by Gasteiger charge is -2.08. The quantitative estimate of drug-likeness (QED) is 0.928. The Morgan fingerprint density at radius 3 is 2.82 bits per heavy atom. The number of aromatic nitrogens is 2. The maximum absolute atomic E-state index is 12.2. The van der Waals surface area contributed by atoms with Crippen LogP contribution < -0.4 is 10.3 Å². The van der Waals surface area contributed by atoms with Crippen molar-refractivity contribution in [3.8, 4) is 5.75 Å². The molecule has 90 valence electrons. The van der Waals surface area contributed by atoms with Crippen molar-refractivity contribution in [2.24, 2.45) is 0 Å². The monoisotopic (exact) mass is 304 g/mol. The van der Waals surface area contributed by atoms with Crippen LogP contribution in [0.3, 0.4) is 0 Å². The van der Waals surface area contributed by atoms with Crippen molar-refractivity contribution in [3.63, 3.8) is 0 Å². The SMILES string of the molecule is Cc1nc2c(OC(F)F)cc(Br)cc2[nH]c1=O. The first kappa shape index (κ1) is 12.0. The van der Waals surface area contributed by atoms with Crippen molar-refractivity contribution in [2.75, 3.05) is 0 Å². The molecule has 7 heteroatoms. The predicted octanol–water partition coefficient (Wildman–Crippen LogP) is 2.60. The van der Waals surface area contributed by atoms with E-state index < -0.39 is 6.61 Å². The number of ether oxygens (including phenoxy) is 1. The molecule has 1 heterocycles. The zero-order valence-corrected chi connectivity index (χ0v) is 10.2. The lowest BCUT2D eigenvalue weighted by atomic mass is 10.2. The number of H-pyrrole nitrogens is 1. The van der Waals surface area contributed by atoms with Crippen molar-refractivity contribution in [1.29, 1.82) is 0 Å². The Labute approximate surface area is 103 Å². The summed E-state index contributed by atoms with van der Waals surface area (Å²) in [6.07, 6.45) is 0. The average molecular weight is 305 g/mol. The summed E-state index contributed by atoms with van der Waals surface area (Å²) < 4.78 is 29.3. The van der Waals surface area contributed by atoms with Gasteiger partial charge in [-0.1, -0.05) is 15.9 Å². The number of hydrogen-bond acceptors (Lipinski definition) is 3. The number of fused-ring (bicyclic) bond motifs is 1. The Kier molecular flexibility index (Phi) is 3.10. The van der Waals surface area contributed by atoms with Gasteiger partial charge in [0.25, 0.3) is 5.56 Å². The molecule has 1 N–H and O–H groups in total.